The summed E-state index contributed by atoms with van der Waals surface area (Å²) in [5.74, 6) is -0.884. The Balaban J connectivity index is 4.36. The van der Waals surface area contributed by atoms with Crippen molar-refractivity contribution in [3.8, 4) is 0 Å². The van der Waals surface area contributed by atoms with E-state index in [2.05, 4.69) is 81.5 Å². The lowest BCUT2D eigenvalue weighted by molar-refractivity contribution is -0.167. The predicted molar refractivity (Wildman–Crippen MR) is 321 cm³/mol. The highest BCUT2D eigenvalue weighted by atomic mass is 16.6. The summed E-state index contributed by atoms with van der Waals surface area (Å²) in [6, 6.07) is 0. The number of hydrogen-bond donors (Lipinski definition) is 0. The van der Waals surface area contributed by atoms with Gasteiger partial charge in [0.25, 0.3) is 0 Å². The molecule has 0 heterocycles. The predicted octanol–water partition coefficient (Wildman–Crippen LogP) is 21.9. The van der Waals surface area contributed by atoms with Crippen molar-refractivity contribution in [2.24, 2.45) is 0 Å². The van der Waals surface area contributed by atoms with Gasteiger partial charge in [-0.25, -0.2) is 0 Å². The standard InChI is InChI=1S/C68H122O6/c1-4-7-10-13-16-19-22-25-28-30-32-33-34-35-36-38-40-43-46-49-52-55-58-61-67(70)73-64-65(63-72-66(69)60-57-54-51-48-45-42-39-27-24-21-18-15-12-9-6-3)74-68(71)62-59-56-53-50-47-44-41-37-31-29-26-23-20-17-14-11-8-5-2/h22,25,27,29-32,34-35,39,65H,4-21,23-24,26,28,33,36-38,40-64H2,1-3H3/b25-22-,31-29-,32-30-,35-34-,39-27-. The van der Waals surface area contributed by atoms with Gasteiger partial charge in [-0.2, -0.15) is 0 Å². The van der Waals surface area contributed by atoms with E-state index in [0.717, 1.165) is 83.5 Å². The van der Waals surface area contributed by atoms with Crippen molar-refractivity contribution < 1.29 is 28.6 Å². The summed E-state index contributed by atoms with van der Waals surface area (Å²) in [7, 11) is 0. The van der Waals surface area contributed by atoms with Gasteiger partial charge in [-0.3, -0.25) is 14.4 Å². The van der Waals surface area contributed by atoms with Gasteiger partial charge in [0, 0.05) is 19.3 Å². The molecule has 74 heavy (non-hydrogen) atoms. The van der Waals surface area contributed by atoms with E-state index in [1.165, 1.54) is 212 Å². The zero-order valence-corrected chi connectivity index (χ0v) is 49.4. The van der Waals surface area contributed by atoms with E-state index in [9.17, 15) is 14.4 Å². The average molecular weight is 1040 g/mol. The molecule has 0 aliphatic heterocycles. The van der Waals surface area contributed by atoms with Crippen LogP contribution < -0.4 is 0 Å². The summed E-state index contributed by atoms with van der Waals surface area (Å²) in [5, 5.41) is 0. The molecule has 6 heteroatoms. The topological polar surface area (TPSA) is 78.9 Å². The minimum atomic E-state index is -0.784. The molecule has 0 aromatic rings. The summed E-state index contributed by atoms with van der Waals surface area (Å²) >= 11 is 0. The maximum absolute atomic E-state index is 12.9. The Morgan fingerprint density at radius 2 is 0.486 bits per heavy atom. The molecule has 0 spiro atoms. The van der Waals surface area contributed by atoms with Crippen LogP contribution in [0.15, 0.2) is 60.8 Å². The van der Waals surface area contributed by atoms with E-state index in [1.807, 2.05) is 0 Å². The van der Waals surface area contributed by atoms with Crippen LogP contribution in [0.1, 0.15) is 335 Å². The van der Waals surface area contributed by atoms with Gasteiger partial charge >= 0.3 is 17.9 Å². The third kappa shape index (κ3) is 60.0. The summed E-state index contributed by atoms with van der Waals surface area (Å²) < 4.78 is 16.9. The normalized spacial score (nSPS) is 12.4. The Morgan fingerprint density at radius 1 is 0.270 bits per heavy atom. The third-order valence-electron chi connectivity index (χ3n) is 14.2. The molecule has 1 unspecified atom stereocenters. The maximum Gasteiger partial charge on any atom is 0.306 e. The monoisotopic (exact) mass is 1030 g/mol. The van der Waals surface area contributed by atoms with E-state index < -0.39 is 6.10 Å². The highest BCUT2D eigenvalue weighted by Gasteiger charge is 2.19. The number of carbonyl (C=O) groups is 3. The molecule has 0 aromatic carbocycles. The van der Waals surface area contributed by atoms with E-state index in [0.29, 0.717) is 19.3 Å². The van der Waals surface area contributed by atoms with Crippen LogP contribution in [-0.4, -0.2) is 37.2 Å². The van der Waals surface area contributed by atoms with Crippen LogP contribution in [0.25, 0.3) is 0 Å². The van der Waals surface area contributed by atoms with Crippen LogP contribution in [0.3, 0.4) is 0 Å². The zero-order valence-electron chi connectivity index (χ0n) is 49.4. The highest BCUT2D eigenvalue weighted by Crippen LogP contribution is 2.16. The molecule has 0 saturated carbocycles. The molecule has 0 radical (unpaired) electrons. The van der Waals surface area contributed by atoms with Crippen LogP contribution in [-0.2, 0) is 28.6 Å². The molecule has 0 aliphatic rings. The number of hydrogen-bond acceptors (Lipinski definition) is 6. The number of carbonyl (C=O) groups excluding carboxylic acids is 3. The number of esters is 3. The first-order chi connectivity index (χ1) is 36.5. The second-order valence-electron chi connectivity index (χ2n) is 21.7. The number of allylic oxidation sites excluding steroid dienone is 10. The lowest BCUT2D eigenvalue weighted by Gasteiger charge is -2.18. The molecule has 430 valence electrons. The molecule has 0 aromatic heterocycles. The quantitative estimate of drug-likeness (QED) is 0.0261. The van der Waals surface area contributed by atoms with Gasteiger partial charge in [-0.1, -0.05) is 268 Å². The Labute approximate surface area is 460 Å². The molecule has 0 rings (SSSR count). The Bertz CT molecular complexity index is 1330. The fraction of sp³-hybridized carbons (Fsp3) is 0.809. The van der Waals surface area contributed by atoms with Crippen molar-refractivity contribution in [1.29, 1.82) is 0 Å². The van der Waals surface area contributed by atoms with Gasteiger partial charge in [-0.15, -0.1) is 0 Å². The lowest BCUT2D eigenvalue weighted by atomic mass is 10.1. The summed E-state index contributed by atoms with van der Waals surface area (Å²) in [5.41, 5.74) is 0. The second kappa shape index (κ2) is 62.6. The van der Waals surface area contributed by atoms with Gasteiger partial charge in [0.15, 0.2) is 6.10 Å². The van der Waals surface area contributed by atoms with E-state index >= 15 is 0 Å². The molecule has 0 fully saturated rings. The minimum Gasteiger partial charge on any atom is -0.462 e. The van der Waals surface area contributed by atoms with Crippen LogP contribution in [0, 0.1) is 0 Å². The summed E-state index contributed by atoms with van der Waals surface area (Å²) in [6.45, 7) is 6.65. The number of ether oxygens (including phenoxy) is 3. The smallest absolute Gasteiger partial charge is 0.306 e. The SMILES string of the molecule is CCCCCCC/C=C\C/C=C\C/C=C\CCCCCCCCCCC(=O)OCC(COC(=O)CCCCCCC/C=C\CCCCCCCC)OC(=O)CCCCCCCCC/C=C\CCCCCCCCC. The molecular formula is C68H122O6. The van der Waals surface area contributed by atoms with Crippen molar-refractivity contribution in [1.82, 2.24) is 0 Å². The van der Waals surface area contributed by atoms with Crippen LogP contribution in [0.4, 0.5) is 0 Å². The van der Waals surface area contributed by atoms with Crippen molar-refractivity contribution in [3.05, 3.63) is 60.8 Å². The molecule has 0 N–H and O–H groups in total. The molecule has 0 bridgehead atoms. The molecule has 0 aliphatic carbocycles. The second-order valence-corrected chi connectivity index (χ2v) is 21.7. The number of rotatable bonds is 59. The van der Waals surface area contributed by atoms with E-state index in [4.69, 9.17) is 14.2 Å². The van der Waals surface area contributed by atoms with E-state index in [-0.39, 0.29) is 31.1 Å². The summed E-state index contributed by atoms with van der Waals surface area (Å²) in [6.07, 6.45) is 79.3. The van der Waals surface area contributed by atoms with Crippen molar-refractivity contribution >= 4 is 17.9 Å². The zero-order chi connectivity index (χ0) is 53.6. The Kier molecular flexibility index (Phi) is 60.2. The first-order valence-corrected chi connectivity index (χ1v) is 32.3. The fourth-order valence-electron chi connectivity index (χ4n) is 9.32. The fourth-order valence-corrected chi connectivity index (χ4v) is 9.32. The largest absolute Gasteiger partial charge is 0.462 e. The Hall–Kier alpha value is -2.89. The van der Waals surface area contributed by atoms with Crippen molar-refractivity contribution in [2.45, 2.75) is 341 Å². The van der Waals surface area contributed by atoms with Crippen molar-refractivity contribution in [2.75, 3.05) is 13.2 Å². The molecule has 1 atom stereocenters. The Morgan fingerprint density at radius 3 is 0.770 bits per heavy atom. The summed E-state index contributed by atoms with van der Waals surface area (Å²) in [4.78, 5) is 38.3. The molecule has 0 saturated heterocycles. The van der Waals surface area contributed by atoms with Crippen LogP contribution >= 0.6 is 0 Å². The van der Waals surface area contributed by atoms with Gasteiger partial charge in [-0.05, 0) is 109 Å². The van der Waals surface area contributed by atoms with Crippen LogP contribution in [0.5, 0.6) is 0 Å². The van der Waals surface area contributed by atoms with Gasteiger partial charge in [0.2, 0.25) is 0 Å². The van der Waals surface area contributed by atoms with Gasteiger partial charge in [0.1, 0.15) is 13.2 Å². The van der Waals surface area contributed by atoms with Gasteiger partial charge < -0.3 is 14.2 Å². The van der Waals surface area contributed by atoms with E-state index in [1.54, 1.807) is 0 Å². The minimum absolute atomic E-state index is 0.0809. The average Bonchev–Trinajstić information content (AvgIpc) is 3.40. The highest BCUT2D eigenvalue weighted by molar-refractivity contribution is 5.71. The van der Waals surface area contributed by atoms with Crippen molar-refractivity contribution in [3.63, 3.8) is 0 Å². The number of unbranched alkanes of at least 4 members (excludes halogenated alkanes) is 38. The molecular weight excluding hydrogens is 913 g/mol. The van der Waals surface area contributed by atoms with Gasteiger partial charge in [0.05, 0.1) is 0 Å². The molecule has 0 amide bonds. The molecule has 6 nitrogen and oxygen atoms in total. The van der Waals surface area contributed by atoms with Crippen LogP contribution in [0.2, 0.25) is 0 Å². The maximum atomic E-state index is 12.9. The third-order valence-corrected chi connectivity index (χ3v) is 14.2. The lowest BCUT2D eigenvalue weighted by Crippen LogP contribution is -2.30. The first-order valence-electron chi connectivity index (χ1n) is 32.3. The first kappa shape index (κ1) is 71.1.